The lowest BCUT2D eigenvalue weighted by Crippen LogP contribution is -2.29. The number of nitrogens with one attached hydrogen (secondary N) is 1. The summed E-state index contributed by atoms with van der Waals surface area (Å²) in [6.45, 7) is 5.31. The monoisotopic (exact) mass is 265 g/mol. The molecule has 0 aliphatic rings. The van der Waals surface area contributed by atoms with Crippen molar-refractivity contribution < 1.29 is 14.6 Å². The van der Waals surface area contributed by atoms with E-state index in [1.165, 1.54) is 11.1 Å². The number of aryl methyl sites for hydroxylation is 1. The van der Waals surface area contributed by atoms with E-state index in [1.807, 2.05) is 12.1 Å². The highest BCUT2D eigenvalue weighted by molar-refractivity contribution is 5.69. The number of rotatable bonds is 8. The first-order chi connectivity index (χ1) is 9.17. The summed E-state index contributed by atoms with van der Waals surface area (Å²) < 4.78 is 4.79. The van der Waals surface area contributed by atoms with E-state index in [9.17, 15) is 9.90 Å². The number of esters is 1. The second-order valence-corrected chi connectivity index (χ2v) is 4.42. The van der Waals surface area contributed by atoms with Gasteiger partial charge in [0.25, 0.3) is 0 Å². The van der Waals surface area contributed by atoms with Crippen LogP contribution in [0.25, 0.3) is 0 Å². The molecule has 0 aliphatic heterocycles. The second kappa shape index (κ2) is 8.67. The van der Waals surface area contributed by atoms with Gasteiger partial charge in [0.05, 0.1) is 19.1 Å². The van der Waals surface area contributed by atoms with Crippen molar-refractivity contribution in [3.05, 3.63) is 35.4 Å². The molecule has 1 rings (SSSR count). The third-order valence-corrected chi connectivity index (χ3v) is 2.90. The van der Waals surface area contributed by atoms with E-state index in [1.54, 1.807) is 6.92 Å². The van der Waals surface area contributed by atoms with Crippen LogP contribution in [0.2, 0.25) is 0 Å². The molecular formula is C15H23NO3. The SMILES string of the molecule is CCOC(=O)CC(O)CNCc1ccccc1CC. The average Bonchev–Trinajstić information content (AvgIpc) is 2.39. The molecule has 0 fully saturated rings. The van der Waals surface area contributed by atoms with Crippen molar-refractivity contribution in [2.45, 2.75) is 39.3 Å². The summed E-state index contributed by atoms with van der Waals surface area (Å²) in [5.74, 6) is -0.356. The standard InChI is InChI=1S/C15H23NO3/c1-3-12-7-5-6-8-13(12)10-16-11-14(17)9-15(18)19-4-2/h5-8,14,16-17H,3-4,9-11H2,1-2H3. The molecule has 0 radical (unpaired) electrons. The molecule has 0 heterocycles. The molecule has 1 aromatic carbocycles. The Kier molecular flexibility index (Phi) is 7.15. The van der Waals surface area contributed by atoms with Gasteiger partial charge in [-0.2, -0.15) is 0 Å². The molecular weight excluding hydrogens is 242 g/mol. The Hall–Kier alpha value is -1.39. The zero-order valence-corrected chi connectivity index (χ0v) is 11.7. The van der Waals surface area contributed by atoms with E-state index < -0.39 is 6.10 Å². The second-order valence-electron chi connectivity index (χ2n) is 4.42. The van der Waals surface area contributed by atoms with Crippen LogP contribution in [-0.4, -0.2) is 30.3 Å². The van der Waals surface area contributed by atoms with E-state index in [0.29, 0.717) is 19.7 Å². The van der Waals surface area contributed by atoms with Gasteiger partial charge in [-0.3, -0.25) is 4.79 Å². The van der Waals surface area contributed by atoms with Crippen LogP contribution in [0.3, 0.4) is 0 Å². The molecule has 1 aromatic rings. The van der Waals surface area contributed by atoms with Gasteiger partial charge in [-0.1, -0.05) is 31.2 Å². The number of carbonyl (C=O) groups excluding carboxylic acids is 1. The minimum absolute atomic E-state index is 0.0380. The minimum Gasteiger partial charge on any atom is -0.466 e. The highest BCUT2D eigenvalue weighted by Crippen LogP contribution is 2.08. The summed E-state index contributed by atoms with van der Waals surface area (Å²) in [5.41, 5.74) is 2.53. The van der Waals surface area contributed by atoms with Crippen molar-refractivity contribution in [3.8, 4) is 0 Å². The van der Waals surface area contributed by atoms with Gasteiger partial charge in [-0.25, -0.2) is 0 Å². The molecule has 0 saturated heterocycles. The number of carbonyl (C=O) groups is 1. The molecule has 0 spiro atoms. The third kappa shape index (κ3) is 5.85. The Bertz CT molecular complexity index is 393. The Morgan fingerprint density at radius 1 is 1.32 bits per heavy atom. The van der Waals surface area contributed by atoms with Crippen molar-refractivity contribution in [1.29, 1.82) is 0 Å². The minimum atomic E-state index is -0.701. The van der Waals surface area contributed by atoms with Gasteiger partial charge >= 0.3 is 5.97 Å². The summed E-state index contributed by atoms with van der Waals surface area (Å²) in [6, 6.07) is 8.21. The Balaban J connectivity index is 2.31. The quantitative estimate of drug-likeness (QED) is 0.702. The number of benzene rings is 1. The molecule has 4 heteroatoms. The number of hydrogen-bond donors (Lipinski definition) is 2. The highest BCUT2D eigenvalue weighted by atomic mass is 16.5. The van der Waals surface area contributed by atoms with Crippen molar-refractivity contribution >= 4 is 5.97 Å². The van der Waals surface area contributed by atoms with Crippen LogP contribution in [0.5, 0.6) is 0 Å². The zero-order valence-electron chi connectivity index (χ0n) is 11.7. The Morgan fingerprint density at radius 3 is 2.63 bits per heavy atom. The summed E-state index contributed by atoms with van der Waals surface area (Å²) >= 11 is 0. The van der Waals surface area contributed by atoms with Crippen molar-refractivity contribution in [2.75, 3.05) is 13.2 Å². The van der Waals surface area contributed by atoms with E-state index >= 15 is 0 Å². The van der Waals surface area contributed by atoms with Gasteiger partial charge in [0.2, 0.25) is 0 Å². The first-order valence-electron chi connectivity index (χ1n) is 6.78. The predicted octanol–water partition coefficient (Wildman–Crippen LogP) is 1.65. The molecule has 2 N–H and O–H groups in total. The largest absolute Gasteiger partial charge is 0.466 e. The molecule has 0 saturated carbocycles. The molecule has 106 valence electrons. The number of ether oxygens (including phenoxy) is 1. The molecule has 0 amide bonds. The molecule has 1 atom stereocenters. The van der Waals surface area contributed by atoms with Gasteiger partial charge in [0, 0.05) is 13.1 Å². The van der Waals surface area contributed by atoms with Crippen LogP contribution < -0.4 is 5.32 Å². The molecule has 0 bridgehead atoms. The van der Waals surface area contributed by atoms with Crippen LogP contribution in [-0.2, 0) is 22.5 Å². The van der Waals surface area contributed by atoms with Crippen LogP contribution in [0.15, 0.2) is 24.3 Å². The fourth-order valence-electron chi connectivity index (χ4n) is 1.93. The smallest absolute Gasteiger partial charge is 0.308 e. The zero-order chi connectivity index (χ0) is 14.1. The Labute approximate surface area is 114 Å². The summed E-state index contributed by atoms with van der Waals surface area (Å²) in [4.78, 5) is 11.2. The van der Waals surface area contributed by atoms with Crippen molar-refractivity contribution in [1.82, 2.24) is 5.32 Å². The van der Waals surface area contributed by atoms with Crippen molar-refractivity contribution in [2.24, 2.45) is 0 Å². The molecule has 19 heavy (non-hydrogen) atoms. The van der Waals surface area contributed by atoms with Gasteiger partial charge in [0.1, 0.15) is 0 Å². The van der Waals surface area contributed by atoms with Crippen molar-refractivity contribution in [3.63, 3.8) is 0 Å². The lowest BCUT2D eigenvalue weighted by molar-refractivity contribution is -0.145. The fraction of sp³-hybridized carbons (Fsp3) is 0.533. The number of hydrogen-bond acceptors (Lipinski definition) is 4. The highest BCUT2D eigenvalue weighted by Gasteiger charge is 2.11. The maximum atomic E-state index is 11.2. The van der Waals surface area contributed by atoms with Crippen LogP contribution >= 0.6 is 0 Å². The predicted molar refractivity (Wildman–Crippen MR) is 74.8 cm³/mol. The Morgan fingerprint density at radius 2 is 2.00 bits per heavy atom. The van der Waals surface area contributed by atoms with E-state index in [-0.39, 0.29) is 12.4 Å². The first kappa shape index (κ1) is 15.7. The van der Waals surface area contributed by atoms with Gasteiger partial charge in [-0.15, -0.1) is 0 Å². The summed E-state index contributed by atoms with van der Waals surface area (Å²) in [6.07, 6.45) is 0.326. The van der Waals surface area contributed by atoms with Gasteiger partial charge in [-0.05, 0) is 24.5 Å². The van der Waals surface area contributed by atoms with Crippen LogP contribution in [0, 0.1) is 0 Å². The van der Waals surface area contributed by atoms with Crippen LogP contribution in [0.1, 0.15) is 31.4 Å². The lowest BCUT2D eigenvalue weighted by atomic mass is 10.1. The topological polar surface area (TPSA) is 58.6 Å². The normalized spacial score (nSPS) is 12.2. The van der Waals surface area contributed by atoms with Crippen LogP contribution in [0.4, 0.5) is 0 Å². The number of aliphatic hydroxyl groups is 1. The van der Waals surface area contributed by atoms with E-state index in [2.05, 4.69) is 24.4 Å². The lowest BCUT2D eigenvalue weighted by Gasteiger charge is -2.12. The fourth-order valence-corrected chi connectivity index (χ4v) is 1.93. The first-order valence-corrected chi connectivity index (χ1v) is 6.78. The molecule has 0 aromatic heterocycles. The average molecular weight is 265 g/mol. The molecule has 0 aliphatic carbocycles. The third-order valence-electron chi connectivity index (χ3n) is 2.90. The summed E-state index contributed by atoms with van der Waals surface area (Å²) in [5, 5.41) is 12.9. The van der Waals surface area contributed by atoms with E-state index in [4.69, 9.17) is 4.74 Å². The maximum absolute atomic E-state index is 11.2. The maximum Gasteiger partial charge on any atom is 0.308 e. The molecule has 4 nitrogen and oxygen atoms in total. The number of aliphatic hydroxyl groups excluding tert-OH is 1. The molecule has 1 unspecified atom stereocenters. The van der Waals surface area contributed by atoms with Gasteiger partial charge in [0.15, 0.2) is 0 Å². The summed E-state index contributed by atoms with van der Waals surface area (Å²) in [7, 11) is 0. The van der Waals surface area contributed by atoms with E-state index in [0.717, 1.165) is 6.42 Å². The van der Waals surface area contributed by atoms with Gasteiger partial charge < -0.3 is 15.2 Å².